The van der Waals surface area contributed by atoms with Crippen LogP contribution in [0.4, 0.5) is 0 Å². The number of hydrogen-bond donors (Lipinski definition) is 5. The second-order valence-electron chi connectivity index (χ2n) is 18.7. The van der Waals surface area contributed by atoms with Crippen LogP contribution in [0.3, 0.4) is 0 Å². The van der Waals surface area contributed by atoms with Crippen LogP contribution in [0.2, 0.25) is 0 Å². The maximum Gasteiger partial charge on any atom is 0.303 e. The average Bonchev–Trinajstić information content (AvgIpc) is 3.40. The second-order valence-corrected chi connectivity index (χ2v) is 18.7. The highest BCUT2D eigenvalue weighted by Crippen LogP contribution is 2.89. The second kappa shape index (κ2) is 10.6. The van der Waals surface area contributed by atoms with E-state index < -0.39 is 53.4 Å². The number of aliphatic hydroxyl groups is 5. The van der Waals surface area contributed by atoms with E-state index in [1.807, 2.05) is 0 Å². The fraction of sp³-hybridized carbons (Fsp3) is 0.973. The van der Waals surface area contributed by atoms with Crippen LogP contribution in [-0.2, 0) is 23.7 Å². The molecule has 16 atom stereocenters. The highest BCUT2D eigenvalue weighted by molar-refractivity contribution is 5.66. The molecule has 47 heavy (non-hydrogen) atoms. The van der Waals surface area contributed by atoms with E-state index in [2.05, 4.69) is 34.6 Å². The number of hydrogen-bond acceptors (Lipinski definition) is 10. The maximum absolute atomic E-state index is 12.7. The normalized spacial score (nSPS) is 56.6. The Morgan fingerprint density at radius 3 is 2.13 bits per heavy atom. The number of aliphatic hydroxyl groups excluding tert-OH is 4. The molecule has 2 heterocycles. The van der Waals surface area contributed by atoms with Gasteiger partial charge in [-0.1, -0.05) is 27.7 Å². The number of ether oxygens (including phenoxy) is 4. The van der Waals surface area contributed by atoms with Gasteiger partial charge in [0.15, 0.2) is 6.29 Å². The number of esters is 1. The van der Waals surface area contributed by atoms with Crippen molar-refractivity contribution >= 4 is 5.97 Å². The molecule has 0 unspecified atom stereocenters. The summed E-state index contributed by atoms with van der Waals surface area (Å²) >= 11 is 0. The van der Waals surface area contributed by atoms with Gasteiger partial charge in [-0.15, -0.1) is 0 Å². The van der Waals surface area contributed by atoms with E-state index >= 15 is 0 Å². The summed E-state index contributed by atoms with van der Waals surface area (Å²) in [4.78, 5) is 12.7. The summed E-state index contributed by atoms with van der Waals surface area (Å²) in [5, 5.41) is 54.0. The minimum absolute atomic E-state index is 0.0770. The molecule has 268 valence electrons. The van der Waals surface area contributed by atoms with Gasteiger partial charge in [0, 0.05) is 18.3 Å². The van der Waals surface area contributed by atoms with Gasteiger partial charge >= 0.3 is 5.97 Å². The van der Waals surface area contributed by atoms with Crippen molar-refractivity contribution < 1.29 is 49.3 Å². The summed E-state index contributed by atoms with van der Waals surface area (Å²) in [6, 6.07) is 0. The molecule has 7 aliphatic rings. The first-order valence-electron chi connectivity index (χ1n) is 18.3. The first-order valence-corrected chi connectivity index (χ1v) is 18.3. The summed E-state index contributed by atoms with van der Waals surface area (Å²) in [5.41, 5.74) is -2.49. The monoisotopic (exact) mass is 664 g/mol. The van der Waals surface area contributed by atoms with Crippen molar-refractivity contribution in [2.45, 2.75) is 173 Å². The van der Waals surface area contributed by atoms with E-state index in [0.29, 0.717) is 12.3 Å². The van der Waals surface area contributed by atoms with Crippen LogP contribution in [-0.4, -0.2) is 98.3 Å². The Kier molecular flexibility index (Phi) is 7.80. The van der Waals surface area contributed by atoms with Crippen molar-refractivity contribution in [2.24, 2.45) is 44.8 Å². The first kappa shape index (κ1) is 34.6. The molecule has 2 aliphatic heterocycles. The predicted octanol–water partition coefficient (Wildman–Crippen LogP) is 3.47. The van der Waals surface area contributed by atoms with Crippen LogP contribution >= 0.6 is 0 Å². The number of carbonyl (C=O) groups excluding carboxylic acids is 1. The van der Waals surface area contributed by atoms with Crippen molar-refractivity contribution in [3.05, 3.63) is 0 Å². The molecule has 0 bridgehead atoms. The van der Waals surface area contributed by atoms with Gasteiger partial charge in [-0.05, 0) is 112 Å². The van der Waals surface area contributed by atoms with Gasteiger partial charge in [-0.25, -0.2) is 0 Å². The van der Waals surface area contributed by atoms with Crippen LogP contribution in [0.5, 0.6) is 0 Å². The van der Waals surface area contributed by atoms with E-state index in [9.17, 15) is 30.3 Å². The summed E-state index contributed by atoms with van der Waals surface area (Å²) in [7, 11) is 0. The third-order valence-corrected chi connectivity index (χ3v) is 15.9. The quantitative estimate of drug-likeness (QED) is 0.218. The molecule has 10 heteroatoms. The highest BCUT2D eigenvalue weighted by Gasteiger charge is 2.85. The zero-order chi connectivity index (χ0) is 34.3. The Morgan fingerprint density at radius 1 is 0.830 bits per heavy atom. The third-order valence-electron chi connectivity index (χ3n) is 15.9. The van der Waals surface area contributed by atoms with Gasteiger partial charge in [0.05, 0.1) is 36.1 Å². The van der Waals surface area contributed by atoms with Crippen molar-refractivity contribution in [3.63, 3.8) is 0 Å². The first-order chi connectivity index (χ1) is 21.7. The van der Waals surface area contributed by atoms with Gasteiger partial charge in [-0.2, -0.15) is 0 Å². The van der Waals surface area contributed by atoms with E-state index in [4.69, 9.17) is 18.9 Å². The Hall–Kier alpha value is -0.850. The molecule has 0 radical (unpaired) electrons. The predicted molar refractivity (Wildman–Crippen MR) is 171 cm³/mol. The summed E-state index contributed by atoms with van der Waals surface area (Å²) in [6.07, 6.45) is 1.51. The minimum atomic E-state index is -1.31. The van der Waals surface area contributed by atoms with Gasteiger partial charge in [0.25, 0.3) is 0 Å². The zero-order valence-corrected chi connectivity index (χ0v) is 29.7. The lowest BCUT2D eigenvalue weighted by molar-refractivity contribution is -0.303. The summed E-state index contributed by atoms with van der Waals surface area (Å²) < 4.78 is 25.1. The van der Waals surface area contributed by atoms with E-state index in [-0.39, 0.29) is 58.3 Å². The lowest BCUT2D eigenvalue weighted by atomic mass is 9.41. The molecule has 0 aromatic heterocycles. The van der Waals surface area contributed by atoms with Crippen LogP contribution < -0.4 is 0 Å². The Morgan fingerprint density at radius 2 is 1.49 bits per heavy atom. The van der Waals surface area contributed by atoms with Crippen LogP contribution in [0, 0.1) is 44.8 Å². The topological polar surface area (TPSA) is 155 Å². The van der Waals surface area contributed by atoms with E-state index in [0.717, 1.165) is 51.4 Å². The van der Waals surface area contributed by atoms with Gasteiger partial charge in [-0.3, -0.25) is 4.79 Å². The highest BCUT2D eigenvalue weighted by atomic mass is 16.7. The van der Waals surface area contributed by atoms with Crippen molar-refractivity contribution in [3.8, 4) is 0 Å². The molecule has 2 saturated heterocycles. The standard InChI is InChI=1S/C37H60O10/c1-19(38)45-29-27(42)28(34(7)13-11-24(47-34)32(4,5)43)33(6)15-16-37-18-36(37)14-12-23(46-30-26(41)25(40)20(39)17-44-30)31(2,3)21(36)9-10-22(37)35(29,33)8/h20-30,39-43H,9-18H2,1-8H3/t20-,21-,22-,23+,24-,25+,26-,27-,28-,29+,30+,33-,34+,35-,36-,37+/m1/s1. The Balaban J connectivity index is 1.19. The molecule has 0 aromatic rings. The molecule has 7 rings (SSSR count). The molecule has 5 N–H and O–H groups in total. The van der Waals surface area contributed by atoms with Gasteiger partial charge in [0.2, 0.25) is 0 Å². The third kappa shape index (κ3) is 4.47. The molecule has 5 saturated carbocycles. The Bertz CT molecular complexity index is 1270. The van der Waals surface area contributed by atoms with E-state index in [1.165, 1.54) is 6.92 Å². The minimum Gasteiger partial charge on any atom is -0.459 e. The van der Waals surface area contributed by atoms with Crippen LogP contribution in [0.25, 0.3) is 0 Å². The largest absolute Gasteiger partial charge is 0.459 e. The molecular formula is C37H60O10. The lowest BCUT2D eigenvalue weighted by Gasteiger charge is -2.64. The van der Waals surface area contributed by atoms with Gasteiger partial charge in [0.1, 0.15) is 24.4 Å². The number of carbonyl (C=O) groups is 1. The number of rotatable bonds is 5. The lowest BCUT2D eigenvalue weighted by Crippen LogP contribution is -2.62. The smallest absolute Gasteiger partial charge is 0.303 e. The fourth-order valence-electron chi connectivity index (χ4n) is 13.7. The average molecular weight is 665 g/mol. The maximum atomic E-state index is 12.7. The van der Waals surface area contributed by atoms with Crippen molar-refractivity contribution in [1.29, 1.82) is 0 Å². The van der Waals surface area contributed by atoms with Crippen LogP contribution in [0.1, 0.15) is 113 Å². The molecule has 7 fully saturated rings. The number of fused-ring (bicyclic) bond motifs is 2. The van der Waals surface area contributed by atoms with Crippen LogP contribution in [0.15, 0.2) is 0 Å². The zero-order valence-electron chi connectivity index (χ0n) is 29.7. The summed E-state index contributed by atoms with van der Waals surface area (Å²) in [5.74, 6) is 0.0227. The SMILES string of the molecule is CC(=O)O[C@H]1[C@H](O)[C@@H]([C@]2(C)CC[C@H](C(C)(C)O)O2)[C@@]2(C)CC[C@@]34C[C@@]35CC[C@H](O[C@@H]3OC[C@@H](O)[C@H](O)[C@H]3O)C(C)(C)[C@H]5CC[C@@H]4[C@]12C. The van der Waals surface area contributed by atoms with Gasteiger partial charge < -0.3 is 44.5 Å². The molecule has 0 aromatic carbocycles. The molecule has 5 aliphatic carbocycles. The van der Waals surface area contributed by atoms with Crippen molar-refractivity contribution in [2.75, 3.05) is 6.61 Å². The van der Waals surface area contributed by atoms with Crippen molar-refractivity contribution in [1.82, 2.24) is 0 Å². The molecule has 0 amide bonds. The fourth-order valence-corrected chi connectivity index (χ4v) is 13.7. The van der Waals surface area contributed by atoms with E-state index in [1.54, 1.807) is 13.8 Å². The molecular weight excluding hydrogens is 604 g/mol. The Labute approximate surface area is 279 Å². The molecule has 2 spiro atoms. The molecule has 10 nitrogen and oxygen atoms in total. The summed E-state index contributed by atoms with van der Waals surface area (Å²) in [6.45, 7) is 16.2.